The van der Waals surface area contributed by atoms with Crippen LogP contribution in [0.3, 0.4) is 0 Å². The van der Waals surface area contributed by atoms with E-state index in [1.807, 2.05) is 0 Å². The van der Waals surface area contributed by atoms with Gasteiger partial charge < -0.3 is 4.74 Å². The summed E-state index contributed by atoms with van der Waals surface area (Å²) in [5.41, 5.74) is 17.7. The van der Waals surface area contributed by atoms with Gasteiger partial charge in [-0.3, -0.25) is 0 Å². The van der Waals surface area contributed by atoms with E-state index in [-0.39, 0.29) is 21.7 Å². The zero-order valence-electron chi connectivity index (χ0n) is 40.2. The van der Waals surface area contributed by atoms with Crippen molar-refractivity contribution in [1.29, 1.82) is 0 Å². The molecule has 0 N–H and O–H groups in total. The number of unbranched alkanes of at least 4 members (excludes halogenated alkanes) is 2. The molecule has 6 aromatic rings. The Morgan fingerprint density at radius 3 is 0.885 bits per heavy atom. The van der Waals surface area contributed by atoms with E-state index < -0.39 is 0 Å². The average molecular weight is 811 g/mol. The second-order valence-electron chi connectivity index (χ2n) is 21.6. The molecule has 1 nitrogen and oxygen atoms in total. The maximum atomic E-state index is 7.64. The Balaban J connectivity index is 1.73. The van der Waals surface area contributed by atoms with E-state index in [1.165, 1.54) is 66.8 Å². The summed E-state index contributed by atoms with van der Waals surface area (Å²) in [5, 5.41) is 0. The molecule has 0 amide bonds. The van der Waals surface area contributed by atoms with Gasteiger partial charge in [0.15, 0.2) is 0 Å². The Morgan fingerprint density at radius 2 is 0.623 bits per heavy atom. The minimum Gasteiger partial charge on any atom is -0.456 e. The van der Waals surface area contributed by atoms with Crippen molar-refractivity contribution in [3.8, 4) is 56.0 Å². The first kappa shape index (κ1) is 45.6. The first-order chi connectivity index (χ1) is 28.7. The van der Waals surface area contributed by atoms with E-state index in [0.717, 1.165) is 61.2 Å². The van der Waals surface area contributed by atoms with Gasteiger partial charge in [-0.2, -0.15) is 0 Å². The summed E-state index contributed by atoms with van der Waals surface area (Å²) in [6.07, 6.45) is 6.52. The molecule has 0 saturated carbocycles. The summed E-state index contributed by atoms with van der Waals surface area (Å²) < 4.78 is 7.64. The standard InChI is InChI=1S/C60H74O/c1-15-17-23-41-33-35-51(55(45-27-21-31-49(39-45)59(9,10)11)53(41)43-25-19-29-47(37-43)57(3,4)5)61-52-36-34-42(24-18-16-2)54(44-26-20-30-48(38-44)58(6,7)8)56(52)46-28-22-32-50(40-46)60(12,13)14/h19-22,25-40H,15-18,23-24H2,1-14H3. The smallest absolute Gasteiger partial charge is 0.135 e. The van der Waals surface area contributed by atoms with E-state index in [1.54, 1.807) is 0 Å². The lowest BCUT2D eigenvalue weighted by Gasteiger charge is -2.26. The van der Waals surface area contributed by atoms with Gasteiger partial charge in [0, 0.05) is 11.1 Å². The minimum atomic E-state index is -0.0147. The van der Waals surface area contributed by atoms with Crippen LogP contribution >= 0.6 is 0 Å². The Morgan fingerprint density at radius 1 is 0.344 bits per heavy atom. The van der Waals surface area contributed by atoms with Gasteiger partial charge in [0.05, 0.1) is 0 Å². The number of ether oxygens (including phenoxy) is 1. The Labute approximate surface area is 371 Å². The molecule has 0 heterocycles. The second-order valence-corrected chi connectivity index (χ2v) is 21.6. The van der Waals surface area contributed by atoms with Gasteiger partial charge in [0.25, 0.3) is 0 Å². The largest absolute Gasteiger partial charge is 0.456 e. The van der Waals surface area contributed by atoms with Crippen molar-refractivity contribution in [2.45, 2.75) is 157 Å². The summed E-state index contributed by atoms with van der Waals surface area (Å²) in [5.74, 6) is 1.76. The molecule has 0 spiro atoms. The predicted molar refractivity (Wildman–Crippen MR) is 267 cm³/mol. The van der Waals surface area contributed by atoms with E-state index in [2.05, 4.69) is 218 Å². The first-order valence-electron chi connectivity index (χ1n) is 23.1. The van der Waals surface area contributed by atoms with E-state index in [0.29, 0.717) is 0 Å². The van der Waals surface area contributed by atoms with Crippen molar-refractivity contribution in [1.82, 2.24) is 0 Å². The maximum absolute atomic E-state index is 7.64. The predicted octanol–water partition coefficient (Wildman–Crippen LogP) is 18.0. The third-order valence-electron chi connectivity index (χ3n) is 12.4. The summed E-state index contributed by atoms with van der Waals surface area (Å²) in [6, 6.07) is 46.2. The molecule has 0 aromatic heterocycles. The van der Waals surface area contributed by atoms with Crippen LogP contribution in [0.15, 0.2) is 121 Å². The molecule has 6 rings (SSSR count). The van der Waals surface area contributed by atoms with Crippen molar-refractivity contribution >= 4 is 0 Å². The number of benzene rings is 6. The summed E-state index contributed by atoms with van der Waals surface area (Å²) in [4.78, 5) is 0. The quantitative estimate of drug-likeness (QED) is 0.120. The van der Waals surface area contributed by atoms with Crippen molar-refractivity contribution in [2.24, 2.45) is 0 Å². The van der Waals surface area contributed by atoms with Gasteiger partial charge in [-0.1, -0.05) is 219 Å². The molecule has 0 saturated heterocycles. The molecule has 320 valence electrons. The SMILES string of the molecule is CCCCc1ccc(Oc2ccc(CCCC)c(-c3cccc(C(C)(C)C)c3)c2-c2cccc(C(C)(C)C)c2)c(-c2cccc(C(C)(C)C)c2)c1-c1cccc(C(C)(C)C)c1. The highest BCUT2D eigenvalue weighted by molar-refractivity contribution is 5.93. The van der Waals surface area contributed by atoms with Crippen LogP contribution in [0.2, 0.25) is 0 Å². The average Bonchev–Trinajstić information content (AvgIpc) is 3.21. The molecule has 6 aromatic carbocycles. The summed E-state index contributed by atoms with van der Waals surface area (Å²) >= 11 is 0. The van der Waals surface area contributed by atoms with Gasteiger partial charge in [-0.15, -0.1) is 0 Å². The molecule has 0 atom stereocenters. The van der Waals surface area contributed by atoms with Gasteiger partial charge in [-0.05, 0) is 126 Å². The lowest BCUT2D eigenvalue weighted by molar-refractivity contribution is 0.486. The molecule has 0 aliphatic rings. The zero-order valence-corrected chi connectivity index (χ0v) is 40.2. The molecule has 0 bridgehead atoms. The Bertz CT molecular complexity index is 2270. The molecular formula is C60H74O. The molecule has 0 aliphatic carbocycles. The molecule has 0 unspecified atom stereocenters. The fourth-order valence-electron chi connectivity index (χ4n) is 8.49. The highest BCUT2D eigenvalue weighted by atomic mass is 16.5. The molecule has 1 heteroatoms. The molecule has 0 radical (unpaired) electrons. The maximum Gasteiger partial charge on any atom is 0.135 e. The monoisotopic (exact) mass is 811 g/mol. The van der Waals surface area contributed by atoms with Crippen LogP contribution in [0.1, 0.15) is 156 Å². The van der Waals surface area contributed by atoms with Crippen molar-refractivity contribution in [2.75, 3.05) is 0 Å². The molecular weight excluding hydrogens is 737 g/mol. The van der Waals surface area contributed by atoms with Crippen LogP contribution in [0, 0.1) is 0 Å². The zero-order chi connectivity index (χ0) is 44.3. The fraction of sp³-hybridized carbons (Fsp3) is 0.400. The topological polar surface area (TPSA) is 9.23 Å². The van der Waals surface area contributed by atoms with Gasteiger partial charge in [0.1, 0.15) is 11.5 Å². The minimum absolute atomic E-state index is 0.0106. The van der Waals surface area contributed by atoms with Crippen LogP contribution in [0.5, 0.6) is 11.5 Å². The highest BCUT2D eigenvalue weighted by Gasteiger charge is 2.26. The molecule has 0 aliphatic heterocycles. The first-order valence-corrected chi connectivity index (χ1v) is 23.1. The fourth-order valence-corrected chi connectivity index (χ4v) is 8.49. The van der Waals surface area contributed by atoms with Crippen LogP contribution in [-0.2, 0) is 34.5 Å². The van der Waals surface area contributed by atoms with Crippen molar-refractivity contribution < 1.29 is 4.74 Å². The van der Waals surface area contributed by atoms with E-state index in [4.69, 9.17) is 4.74 Å². The van der Waals surface area contributed by atoms with E-state index >= 15 is 0 Å². The number of hydrogen-bond donors (Lipinski definition) is 0. The van der Waals surface area contributed by atoms with Crippen LogP contribution in [0.25, 0.3) is 44.5 Å². The van der Waals surface area contributed by atoms with Crippen LogP contribution in [-0.4, -0.2) is 0 Å². The van der Waals surface area contributed by atoms with Crippen LogP contribution in [0.4, 0.5) is 0 Å². The summed E-state index contributed by atoms with van der Waals surface area (Å²) in [7, 11) is 0. The number of hydrogen-bond acceptors (Lipinski definition) is 1. The van der Waals surface area contributed by atoms with Gasteiger partial charge >= 0.3 is 0 Å². The number of aryl methyl sites for hydroxylation is 2. The number of rotatable bonds is 12. The van der Waals surface area contributed by atoms with Gasteiger partial charge in [0.2, 0.25) is 0 Å². The summed E-state index contributed by atoms with van der Waals surface area (Å²) in [6.45, 7) is 32.3. The molecule has 61 heavy (non-hydrogen) atoms. The third-order valence-corrected chi connectivity index (χ3v) is 12.4. The lowest BCUT2D eigenvalue weighted by Crippen LogP contribution is -2.11. The normalized spacial score (nSPS) is 12.5. The highest BCUT2D eigenvalue weighted by Crippen LogP contribution is 2.49. The Kier molecular flexibility index (Phi) is 13.6. The third kappa shape index (κ3) is 10.6. The lowest BCUT2D eigenvalue weighted by atomic mass is 9.81. The van der Waals surface area contributed by atoms with Crippen molar-refractivity contribution in [3.05, 3.63) is 155 Å². The van der Waals surface area contributed by atoms with Crippen molar-refractivity contribution in [3.63, 3.8) is 0 Å². The van der Waals surface area contributed by atoms with Gasteiger partial charge in [-0.25, -0.2) is 0 Å². The second kappa shape index (κ2) is 18.2. The molecule has 0 fully saturated rings. The van der Waals surface area contributed by atoms with E-state index in [9.17, 15) is 0 Å². The Hall–Kier alpha value is -4.88. The van der Waals surface area contributed by atoms with Crippen LogP contribution < -0.4 is 4.74 Å².